The van der Waals surface area contributed by atoms with Crippen LogP contribution in [0.2, 0.25) is 0 Å². The number of halogens is 2. The molecule has 0 aliphatic rings. The number of thioether (sulfide) groups is 1. The SMILES string of the molecule is CC(Cc1ccc(SCC(F)F)cc1)C(=O)O. The molecule has 0 saturated carbocycles. The average molecular weight is 260 g/mol. The highest BCUT2D eigenvalue weighted by molar-refractivity contribution is 7.99. The van der Waals surface area contributed by atoms with Gasteiger partial charge in [-0.1, -0.05) is 19.1 Å². The third-order valence-corrected chi connectivity index (χ3v) is 3.29. The minimum atomic E-state index is -2.31. The molecular weight excluding hydrogens is 246 g/mol. The summed E-state index contributed by atoms with van der Waals surface area (Å²) in [5.74, 6) is -1.49. The van der Waals surface area contributed by atoms with E-state index in [2.05, 4.69) is 0 Å². The van der Waals surface area contributed by atoms with Crippen molar-refractivity contribution < 1.29 is 18.7 Å². The molecule has 1 rings (SSSR count). The molecule has 1 aromatic carbocycles. The van der Waals surface area contributed by atoms with Gasteiger partial charge in [0.2, 0.25) is 6.43 Å². The van der Waals surface area contributed by atoms with Gasteiger partial charge >= 0.3 is 5.97 Å². The van der Waals surface area contributed by atoms with Crippen molar-refractivity contribution in [2.75, 3.05) is 5.75 Å². The maximum atomic E-state index is 12.0. The average Bonchev–Trinajstić information content (AvgIpc) is 2.28. The topological polar surface area (TPSA) is 37.3 Å². The second-order valence-corrected chi connectivity index (χ2v) is 4.88. The number of carboxylic acids is 1. The van der Waals surface area contributed by atoms with Crippen molar-refractivity contribution in [3.8, 4) is 0 Å². The highest BCUT2D eigenvalue weighted by atomic mass is 32.2. The number of benzene rings is 1. The molecule has 0 spiro atoms. The van der Waals surface area contributed by atoms with Crippen LogP contribution < -0.4 is 0 Å². The van der Waals surface area contributed by atoms with Gasteiger partial charge in [0.15, 0.2) is 0 Å². The molecule has 1 unspecified atom stereocenters. The second-order valence-electron chi connectivity index (χ2n) is 3.79. The minimum Gasteiger partial charge on any atom is -0.481 e. The Labute approximate surface area is 103 Å². The number of alkyl halides is 2. The van der Waals surface area contributed by atoms with Gasteiger partial charge in [0.25, 0.3) is 0 Å². The van der Waals surface area contributed by atoms with Crippen LogP contribution in [0.5, 0.6) is 0 Å². The van der Waals surface area contributed by atoms with Gasteiger partial charge in [0.1, 0.15) is 0 Å². The number of hydrogen-bond donors (Lipinski definition) is 1. The number of carboxylic acid groups (broad SMARTS) is 1. The van der Waals surface area contributed by atoms with Crippen LogP contribution in [0.3, 0.4) is 0 Å². The smallest absolute Gasteiger partial charge is 0.306 e. The Morgan fingerprint density at radius 2 is 1.94 bits per heavy atom. The van der Waals surface area contributed by atoms with E-state index in [1.165, 1.54) is 0 Å². The Hall–Kier alpha value is -1.10. The lowest BCUT2D eigenvalue weighted by Gasteiger charge is -2.07. The Morgan fingerprint density at radius 3 is 2.41 bits per heavy atom. The highest BCUT2D eigenvalue weighted by Gasteiger charge is 2.11. The van der Waals surface area contributed by atoms with E-state index in [1.54, 1.807) is 31.2 Å². The zero-order valence-electron chi connectivity index (χ0n) is 9.40. The summed E-state index contributed by atoms with van der Waals surface area (Å²) < 4.78 is 23.9. The van der Waals surface area contributed by atoms with E-state index in [1.807, 2.05) is 0 Å². The molecule has 0 aliphatic heterocycles. The molecule has 0 saturated heterocycles. The van der Waals surface area contributed by atoms with Gasteiger partial charge < -0.3 is 5.11 Å². The summed E-state index contributed by atoms with van der Waals surface area (Å²) in [4.78, 5) is 11.4. The molecule has 0 aromatic heterocycles. The van der Waals surface area contributed by atoms with Crippen molar-refractivity contribution in [1.29, 1.82) is 0 Å². The summed E-state index contributed by atoms with van der Waals surface area (Å²) in [6.45, 7) is 1.64. The maximum absolute atomic E-state index is 12.0. The number of aliphatic carboxylic acids is 1. The fourth-order valence-corrected chi connectivity index (χ4v) is 1.97. The molecule has 17 heavy (non-hydrogen) atoms. The molecule has 5 heteroatoms. The summed E-state index contributed by atoms with van der Waals surface area (Å²) in [6.07, 6.45) is -1.86. The quantitative estimate of drug-likeness (QED) is 0.797. The molecule has 0 heterocycles. The third-order valence-electron chi connectivity index (χ3n) is 2.26. The lowest BCUT2D eigenvalue weighted by atomic mass is 10.0. The van der Waals surface area contributed by atoms with Crippen molar-refractivity contribution in [3.05, 3.63) is 29.8 Å². The Morgan fingerprint density at radius 1 is 1.35 bits per heavy atom. The van der Waals surface area contributed by atoms with Crippen LogP contribution in [-0.4, -0.2) is 23.3 Å². The summed E-state index contributed by atoms with van der Waals surface area (Å²) in [5, 5.41) is 8.76. The van der Waals surface area contributed by atoms with Crippen molar-refractivity contribution in [3.63, 3.8) is 0 Å². The fraction of sp³-hybridized carbons (Fsp3) is 0.417. The van der Waals surface area contributed by atoms with E-state index in [0.717, 1.165) is 22.2 Å². The number of rotatable bonds is 6. The van der Waals surface area contributed by atoms with Crippen LogP contribution in [-0.2, 0) is 11.2 Å². The lowest BCUT2D eigenvalue weighted by molar-refractivity contribution is -0.141. The van der Waals surface area contributed by atoms with E-state index < -0.39 is 18.3 Å². The van der Waals surface area contributed by atoms with E-state index >= 15 is 0 Å². The molecule has 1 aromatic rings. The predicted octanol–water partition coefficient (Wildman–Crippen LogP) is 3.31. The molecule has 0 bridgehead atoms. The van der Waals surface area contributed by atoms with Crippen LogP contribution in [0, 0.1) is 5.92 Å². The highest BCUT2D eigenvalue weighted by Crippen LogP contribution is 2.21. The van der Waals surface area contributed by atoms with Gasteiger partial charge in [-0.05, 0) is 24.1 Å². The molecule has 0 fully saturated rings. The van der Waals surface area contributed by atoms with Crippen molar-refractivity contribution in [1.82, 2.24) is 0 Å². The van der Waals surface area contributed by atoms with Crippen LogP contribution >= 0.6 is 11.8 Å². The Bertz CT molecular complexity index is 365. The van der Waals surface area contributed by atoms with Gasteiger partial charge in [-0.3, -0.25) is 4.79 Å². The van der Waals surface area contributed by atoms with E-state index in [-0.39, 0.29) is 5.75 Å². The van der Waals surface area contributed by atoms with Crippen LogP contribution in [0.15, 0.2) is 29.2 Å². The normalized spacial score (nSPS) is 12.7. The van der Waals surface area contributed by atoms with E-state index in [9.17, 15) is 13.6 Å². The molecule has 0 aliphatic carbocycles. The van der Waals surface area contributed by atoms with Crippen molar-refractivity contribution in [2.24, 2.45) is 5.92 Å². The summed E-state index contributed by atoms with van der Waals surface area (Å²) in [7, 11) is 0. The van der Waals surface area contributed by atoms with Crippen molar-refractivity contribution in [2.45, 2.75) is 24.7 Å². The first-order chi connectivity index (χ1) is 7.99. The van der Waals surface area contributed by atoms with Gasteiger partial charge in [0.05, 0.1) is 11.7 Å². The standard InChI is InChI=1S/C12H14F2O2S/c1-8(12(15)16)6-9-2-4-10(5-3-9)17-7-11(13)14/h2-5,8,11H,6-7H2,1H3,(H,15,16). The van der Waals surface area contributed by atoms with Gasteiger partial charge in [-0.2, -0.15) is 0 Å². The summed E-state index contributed by atoms with van der Waals surface area (Å²) in [6, 6.07) is 7.06. The maximum Gasteiger partial charge on any atom is 0.306 e. The van der Waals surface area contributed by atoms with Gasteiger partial charge in [0, 0.05) is 4.90 Å². The van der Waals surface area contributed by atoms with Crippen LogP contribution in [0.1, 0.15) is 12.5 Å². The third kappa shape index (κ3) is 5.17. The Balaban J connectivity index is 2.53. The molecule has 0 amide bonds. The minimum absolute atomic E-state index is 0.217. The molecular formula is C12H14F2O2S. The van der Waals surface area contributed by atoms with Crippen LogP contribution in [0.25, 0.3) is 0 Å². The van der Waals surface area contributed by atoms with Crippen molar-refractivity contribution >= 4 is 17.7 Å². The summed E-state index contributed by atoms with van der Waals surface area (Å²) in [5.41, 5.74) is 0.904. The first kappa shape index (κ1) is 14.0. The molecule has 1 atom stereocenters. The van der Waals surface area contributed by atoms with E-state index in [4.69, 9.17) is 5.11 Å². The van der Waals surface area contributed by atoms with Crippen LogP contribution in [0.4, 0.5) is 8.78 Å². The van der Waals surface area contributed by atoms with Gasteiger partial charge in [-0.15, -0.1) is 11.8 Å². The molecule has 0 radical (unpaired) electrons. The van der Waals surface area contributed by atoms with E-state index in [0.29, 0.717) is 6.42 Å². The zero-order chi connectivity index (χ0) is 12.8. The lowest BCUT2D eigenvalue weighted by Crippen LogP contribution is -2.12. The molecule has 94 valence electrons. The Kier molecular flexibility index (Phi) is 5.41. The predicted molar refractivity (Wildman–Crippen MR) is 63.7 cm³/mol. The summed E-state index contributed by atoms with van der Waals surface area (Å²) >= 11 is 1.10. The fourth-order valence-electron chi connectivity index (χ4n) is 1.32. The zero-order valence-corrected chi connectivity index (χ0v) is 10.2. The number of carbonyl (C=O) groups is 1. The molecule has 2 nitrogen and oxygen atoms in total. The number of hydrogen-bond acceptors (Lipinski definition) is 2. The van der Waals surface area contributed by atoms with Gasteiger partial charge in [-0.25, -0.2) is 8.78 Å². The first-order valence-electron chi connectivity index (χ1n) is 5.21. The first-order valence-corrected chi connectivity index (χ1v) is 6.20. The largest absolute Gasteiger partial charge is 0.481 e. The molecule has 1 N–H and O–H groups in total. The second kappa shape index (κ2) is 6.59. The monoisotopic (exact) mass is 260 g/mol.